The number of nitrogens with zero attached hydrogens (tertiary/aromatic N) is 2. The number of H-pyrrole nitrogens is 1. The van der Waals surface area contributed by atoms with Gasteiger partial charge in [0.1, 0.15) is 5.82 Å². The van der Waals surface area contributed by atoms with E-state index in [1.54, 1.807) is 6.07 Å². The topological polar surface area (TPSA) is 52.1 Å². The minimum Gasteiger partial charge on any atom is -0.395 e. The van der Waals surface area contributed by atoms with E-state index in [-0.39, 0.29) is 12.4 Å². The molecule has 1 aromatic carbocycles. The van der Waals surface area contributed by atoms with Crippen LogP contribution in [0.1, 0.15) is 12.8 Å². The van der Waals surface area contributed by atoms with Crippen LogP contribution in [0.2, 0.25) is 0 Å². The standard InChI is InChI=1S/C12H14FN3O/c13-8-1-4-10-11(7-8)15-12(14-10)16(5-6-17)9-2-3-9/h1,4,7,9,17H,2-3,5-6H2,(H,14,15). The van der Waals surface area contributed by atoms with Crippen LogP contribution in [0.5, 0.6) is 0 Å². The summed E-state index contributed by atoms with van der Waals surface area (Å²) in [6, 6.07) is 4.97. The molecule has 1 saturated carbocycles. The summed E-state index contributed by atoms with van der Waals surface area (Å²) >= 11 is 0. The Bertz CT molecular complexity index is 536. The van der Waals surface area contributed by atoms with Gasteiger partial charge in [0.25, 0.3) is 0 Å². The lowest BCUT2D eigenvalue weighted by molar-refractivity contribution is 0.300. The first-order chi connectivity index (χ1) is 8.28. The van der Waals surface area contributed by atoms with Gasteiger partial charge < -0.3 is 15.0 Å². The highest BCUT2D eigenvalue weighted by atomic mass is 19.1. The molecule has 0 saturated heterocycles. The fourth-order valence-electron chi connectivity index (χ4n) is 2.06. The van der Waals surface area contributed by atoms with Gasteiger partial charge in [-0.25, -0.2) is 9.37 Å². The first kappa shape index (κ1) is 10.5. The predicted octanol–water partition coefficient (Wildman–Crippen LogP) is 1.66. The van der Waals surface area contributed by atoms with Gasteiger partial charge >= 0.3 is 0 Å². The summed E-state index contributed by atoms with van der Waals surface area (Å²) in [6.45, 7) is 0.662. The highest BCUT2D eigenvalue weighted by Gasteiger charge is 2.30. The third kappa shape index (κ3) is 1.98. The van der Waals surface area contributed by atoms with Crippen molar-refractivity contribution >= 4 is 17.0 Å². The Morgan fingerprint density at radius 3 is 3.00 bits per heavy atom. The maximum Gasteiger partial charge on any atom is 0.204 e. The minimum absolute atomic E-state index is 0.0991. The van der Waals surface area contributed by atoms with Crippen molar-refractivity contribution in [3.63, 3.8) is 0 Å². The summed E-state index contributed by atoms with van der Waals surface area (Å²) < 4.78 is 13.1. The van der Waals surface area contributed by atoms with Crippen LogP contribution in [-0.4, -0.2) is 34.3 Å². The molecule has 1 fully saturated rings. The number of hydrogen-bond donors (Lipinski definition) is 2. The Morgan fingerprint density at radius 1 is 1.47 bits per heavy atom. The van der Waals surface area contributed by atoms with Crippen molar-refractivity contribution in [1.82, 2.24) is 9.97 Å². The zero-order valence-corrected chi connectivity index (χ0v) is 9.36. The Hall–Kier alpha value is -1.62. The average Bonchev–Trinajstić information content (AvgIpc) is 3.05. The molecule has 4 nitrogen and oxygen atoms in total. The second-order valence-electron chi connectivity index (χ2n) is 4.37. The normalized spacial score (nSPS) is 15.4. The molecule has 1 aliphatic carbocycles. The van der Waals surface area contributed by atoms with E-state index in [0.29, 0.717) is 18.1 Å². The molecule has 5 heteroatoms. The maximum atomic E-state index is 13.1. The molecule has 90 valence electrons. The smallest absolute Gasteiger partial charge is 0.204 e. The Kier molecular flexibility index (Phi) is 2.48. The summed E-state index contributed by atoms with van der Waals surface area (Å²) in [5, 5.41) is 9.05. The van der Waals surface area contributed by atoms with Gasteiger partial charge in [0.2, 0.25) is 5.95 Å². The molecule has 0 aliphatic heterocycles. The van der Waals surface area contributed by atoms with Gasteiger partial charge in [-0.15, -0.1) is 0 Å². The lowest BCUT2D eigenvalue weighted by Crippen LogP contribution is -2.29. The SMILES string of the molecule is OCCN(c1nc2ccc(F)cc2[nH]1)C1CC1. The molecular weight excluding hydrogens is 221 g/mol. The Balaban J connectivity index is 1.98. The summed E-state index contributed by atoms with van der Waals surface area (Å²) in [7, 11) is 0. The van der Waals surface area contributed by atoms with Crippen molar-refractivity contribution in [1.29, 1.82) is 0 Å². The van der Waals surface area contributed by atoms with E-state index in [9.17, 15) is 4.39 Å². The number of halogens is 1. The molecule has 0 atom stereocenters. The van der Waals surface area contributed by atoms with Gasteiger partial charge in [0.05, 0.1) is 17.6 Å². The molecule has 1 heterocycles. The van der Waals surface area contributed by atoms with E-state index in [1.807, 2.05) is 0 Å². The van der Waals surface area contributed by atoms with E-state index < -0.39 is 0 Å². The quantitative estimate of drug-likeness (QED) is 0.847. The van der Waals surface area contributed by atoms with Gasteiger partial charge in [-0.3, -0.25) is 0 Å². The molecule has 0 bridgehead atoms. The number of rotatable bonds is 4. The van der Waals surface area contributed by atoms with Gasteiger partial charge in [-0.1, -0.05) is 0 Å². The van der Waals surface area contributed by atoms with Gasteiger partial charge in [0.15, 0.2) is 0 Å². The fraction of sp³-hybridized carbons (Fsp3) is 0.417. The highest BCUT2D eigenvalue weighted by molar-refractivity contribution is 5.77. The second-order valence-corrected chi connectivity index (χ2v) is 4.37. The molecule has 1 aliphatic rings. The van der Waals surface area contributed by atoms with Crippen LogP contribution in [0.3, 0.4) is 0 Å². The molecule has 17 heavy (non-hydrogen) atoms. The zero-order valence-electron chi connectivity index (χ0n) is 9.36. The molecule has 0 unspecified atom stereocenters. The second kappa shape index (κ2) is 4.00. The molecule has 0 amide bonds. The zero-order chi connectivity index (χ0) is 11.8. The lowest BCUT2D eigenvalue weighted by atomic mass is 10.3. The predicted molar refractivity (Wildman–Crippen MR) is 63.5 cm³/mol. The van der Waals surface area contributed by atoms with Gasteiger partial charge in [-0.2, -0.15) is 0 Å². The van der Waals surface area contributed by atoms with Crippen molar-refractivity contribution < 1.29 is 9.50 Å². The monoisotopic (exact) mass is 235 g/mol. The van der Waals surface area contributed by atoms with Crippen LogP contribution >= 0.6 is 0 Å². The van der Waals surface area contributed by atoms with Crippen molar-refractivity contribution in [2.75, 3.05) is 18.1 Å². The average molecular weight is 235 g/mol. The van der Waals surface area contributed by atoms with E-state index >= 15 is 0 Å². The fourth-order valence-corrected chi connectivity index (χ4v) is 2.06. The largest absolute Gasteiger partial charge is 0.395 e. The molecule has 2 N–H and O–H groups in total. The lowest BCUT2D eigenvalue weighted by Gasteiger charge is -2.19. The van der Waals surface area contributed by atoms with Crippen LogP contribution in [0.15, 0.2) is 18.2 Å². The first-order valence-electron chi connectivity index (χ1n) is 5.80. The number of aliphatic hydroxyl groups is 1. The molecule has 0 spiro atoms. The van der Waals surface area contributed by atoms with E-state index in [0.717, 1.165) is 24.3 Å². The van der Waals surface area contributed by atoms with E-state index in [4.69, 9.17) is 5.11 Å². The van der Waals surface area contributed by atoms with Gasteiger partial charge in [0, 0.05) is 12.6 Å². The van der Waals surface area contributed by atoms with Crippen LogP contribution in [0, 0.1) is 5.82 Å². The number of aromatic nitrogens is 2. The molecule has 3 rings (SSSR count). The molecule has 2 aromatic rings. The summed E-state index contributed by atoms with van der Waals surface area (Å²) in [5.41, 5.74) is 1.45. The number of fused-ring (bicyclic) bond motifs is 1. The van der Waals surface area contributed by atoms with E-state index in [2.05, 4.69) is 14.9 Å². The molecule has 1 aromatic heterocycles. The number of benzene rings is 1. The minimum atomic E-state index is -0.271. The summed E-state index contributed by atoms with van der Waals surface area (Å²) in [5.74, 6) is 0.454. The van der Waals surface area contributed by atoms with Crippen LogP contribution in [-0.2, 0) is 0 Å². The van der Waals surface area contributed by atoms with Crippen LogP contribution in [0.25, 0.3) is 11.0 Å². The number of anilines is 1. The number of hydrogen-bond acceptors (Lipinski definition) is 3. The molecule has 0 radical (unpaired) electrons. The third-order valence-electron chi connectivity index (χ3n) is 3.03. The van der Waals surface area contributed by atoms with Crippen molar-refractivity contribution in [2.45, 2.75) is 18.9 Å². The van der Waals surface area contributed by atoms with Crippen molar-refractivity contribution in [3.05, 3.63) is 24.0 Å². The summed E-state index contributed by atoms with van der Waals surface area (Å²) in [6.07, 6.45) is 2.26. The number of aliphatic hydroxyl groups excluding tert-OH is 1. The number of aromatic amines is 1. The van der Waals surface area contributed by atoms with Crippen molar-refractivity contribution in [2.24, 2.45) is 0 Å². The number of imidazole rings is 1. The first-order valence-corrected chi connectivity index (χ1v) is 5.80. The van der Waals surface area contributed by atoms with Crippen LogP contribution in [0.4, 0.5) is 10.3 Å². The highest BCUT2D eigenvalue weighted by Crippen LogP contribution is 2.30. The van der Waals surface area contributed by atoms with Gasteiger partial charge in [-0.05, 0) is 31.0 Å². The third-order valence-corrected chi connectivity index (χ3v) is 3.03. The maximum absolute atomic E-state index is 13.1. The molecular formula is C12H14FN3O. The van der Waals surface area contributed by atoms with E-state index in [1.165, 1.54) is 12.1 Å². The Labute approximate surface area is 98.1 Å². The van der Waals surface area contributed by atoms with Crippen LogP contribution < -0.4 is 4.90 Å². The number of nitrogens with one attached hydrogen (secondary N) is 1. The summed E-state index contributed by atoms with van der Waals surface area (Å²) in [4.78, 5) is 9.59. The van der Waals surface area contributed by atoms with Crippen molar-refractivity contribution in [3.8, 4) is 0 Å². The Morgan fingerprint density at radius 2 is 2.29 bits per heavy atom.